The second kappa shape index (κ2) is 5.94. The van der Waals surface area contributed by atoms with Gasteiger partial charge in [-0.05, 0) is 25.6 Å². The number of nitrogens with one attached hydrogen (secondary N) is 1. The second-order valence-corrected chi connectivity index (χ2v) is 8.77. The number of hydrogen-bond donors (Lipinski definition) is 1. The van der Waals surface area contributed by atoms with E-state index < -0.39 is 9.84 Å². The smallest absolute Gasteiger partial charge is 0.240 e. The van der Waals surface area contributed by atoms with Gasteiger partial charge in [-0.2, -0.15) is 0 Å². The first-order valence-electron chi connectivity index (χ1n) is 6.99. The number of likely N-dealkylation sites (N-methyl/N-ethyl adjacent to an activating group) is 1. The molecule has 1 aliphatic heterocycles. The SMILES string of the molecule is CN(CC(=O)Nc1nc2ccccc2s1)C1CCS(=O)(=O)C1. The molecule has 2 heterocycles. The minimum absolute atomic E-state index is 0.0777. The maximum Gasteiger partial charge on any atom is 0.240 e. The zero-order valence-corrected chi connectivity index (χ0v) is 13.8. The minimum Gasteiger partial charge on any atom is -0.301 e. The number of fused-ring (bicyclic) bond motifs is 1. The largest absolute Gasteiger partial charge is 0.301 e. The van der Waals surface area contributed by atoms with Gasteiger partial charge in [0, 0.05) is 6.04 Å². The summed E-state index contributed by atoms with van der Waals surface area (Å²) in [6.07, 6.45) is 0.591. The molecule has 1 aromatic heterocycles. The molecule has 0 saturated carbocycles. The van der Waals surface area contributed by atoms with Crippen molar-refractivity contribution < 1.29 is 13.2 Å². The molecule has 0 bridgehead atoms. The number of carbonyl (C=O) groups is 1. The van der Waals surface area contributed by atoms with Crippen molar-refractivity contribution in [1.29, 1.82) is 0 Å². The van der Waals surface area contributed by atoms with Crippen LogP contribution in [-0.2, 0) is 14.6 Å². The van der Waals surface area contributed by atoms with Crippen molar-refractivity contribution in [3.63, 3.8) is 0 Å². The minimum atomic E-state index is -2.94. The molecule has 2 aromatic rings. The summed E-state index contributed by atoms with van der Waals surface area (Å²) in [6.45, 7) is 0.163. The molecule has 6 nitrogen and oxygen atoms in total. The molecule has 118 valence electrons. The topological polar surface area (TPSA) is 79.4 Å². The van der Waals surface area contributed by atoms with Crippen molar-refractivity contribution in [3.05, 3.63) is 24.3 Å². The zero-order valence-electron chi connectivity index (χ0n) is 12.2. The van der Waals surface area contributed by atoms with E-state index in [1.54, 1.807) is 11.9 Å². The average molecular weight is 339 g/mol. The lowest BCUT2D eigenvalue weighted by atomic mass is 10.2. The summed E-state index contributed by atoms with van der Waals surface area (Å²) in [5, 5.41) is 3.35. The highest BCUT2D eigenvalue weighted by Crippen LogP contribution is 2.25. The van der Waals surface area contributed by atoms with E-state index in [0.29, 0.717) is 11.6 Å². The van der Waals surface area contributed by atoms with Crippen molar-refractivity contribution in [3.8, 4) is 0 Å². The maximum absolute atomic E-state index is 12.1. The first-order chi connectivity index (χ1) is 10.4. The van der Waals surface area contributed by atoms with Gasteiger partial charge in [0.05, 0.1) is 28.3 Å². The third-order valence-electron chi connectivity index (χ3n) is 3.76. The van der Waals surface area contributed by atoms with E-state index in [0.717, 1.165) is 10.2 Å². The average Bonchev–Trinajstić information content (AvgIpc) is 3.00. The predicted molar refractivity (Wildman–Crippen MR) is 87.9 cm³/mol. The van der Waals surface area contributed by atoms with Gasteiger partial charge in [0.25, 0.3) is 0 Å². The van der Waals surface area contributed by atoms with Crippen LogP contribution in [0.2, 0.25) is 0 Å². The van der Waals surface area contributed by atoms with Crippen LogP contribution in [0.5, 0.6) is 0 Å². The lowest BCUT2D eigenvalue weighted by Gasteiger charge is -2.21. The van der Waals surface area contributed by atoms with Crippen LogP contribution in [0.15, 0.2) is 24.3 Å². The fourth-order valence-corrected chi connectivity index (χ4v) is 5.25. The van der Waals surface area contributed by atoms with Gasteiger partial charge in [-0.15, -0.1) is 0 Å². The van der Waals surface area contributed by atoms with Crippen LogP contribution < -0.4 is 5.32 Å². The molecule has 1 aromatic carbocycles. The Hall–Kier alpha value is -1.51. The van der Waals surface area contributed by atoms with Gasteiger partial charge < -0.3 is 5.32 Å². The number of sulfone groups is 1. The number of rotatable bonds is 4. The number of amides is 1. The summed E-state index contributed by atoms with van der Waals surface area (Å²) < 4.78 is 24.0. The summed E-state index contributed by atoms with van der Waals surface area (Å²) in [6, 6.07) is 7.61. The number of anilines is 1. The normalized spacial score (nSPS) is 20.5. The first-order valence-corrected chi connectivity index (χ1v) is 9.63. The highest BCUT2D eigenvalue weighted by molar-refractivity contribution is 7.91. The molecule has 0 spiro atoms. The highest BCUT2D eigenvalue weighted by Gasteiger charge is 2.31. The van der Waals surface area contributed by atoms with E-state index in [1.807, 2.05) is 24.3 Å². The van der Waals surface area contributed by atoms with Gasteiger partial charge in [0.15, 0.2) is 15.0 Å². The predicted octanol–water partition coefficient (Wildman–Crippen LogP) is 1.35. The molecule has 0 radical (unpaired) electrons. The number of aromatic nitrogens is 1. The van der Waals surface area contributed by atoms with Crippen LogP contribution in [0, 0.1) is 0 Å². The second-order valence-electron chi connectivity index (χ2n) is 5.51. The molecule has 1 fully saturated rings. The molecule has 1 aliphatic rings. The summed E-state index contributed by atoms with van der Waals surface area (Å²) in [5.41, 5.74) is 0.859. The van der Waals surface area contributed by atoms with Crippen LogP contribution >= 0.6 is 11.3 Å². The third-order valence-corrected chi connectivity index (χ3v) is 6.47. The molecule has 0 aliphatic carbocycles. The molecule has 8 heteroatoms. The van der Waals surface area contributed by atoms with Gasteiger partial charge in [-0.1, -0.05) is 23.5 Å². The maximum atomic E-state index is 12.1. The van der Waals surface area contributed by atoms with Crippen molar-refractivity contribution >= 4 is 42.4 Å². The molecule has 22 heavy (non-hydrogen) atoms. The molecule has 1 unspecified atom stereocenters. The molecule has 1 amide bonds. The van der Waals surface area contributed by atoms with Gasteiger partial charge >= 0.3 is 0 Å². The molecule has 1 atom stereocenters. The Bertz CT molecular complexity index is 768. The van der Waals surface area contributed by atoms with E-state index in [9.17, 15) is 13.2 Å². The molecule has 1 N–H and O–H groups in total. The Morgan fingerprint density at radius 1 is 1.45 bits per heavy atom. The fraction of sp³-hybridized carbons (Fsp3) is 0.429. The van der Waals surface area contributed by atoms with E-state index >= 15 is 0 Å². The Kier molecular flexibility index (Phi) is 4.16. The number of para-hydroxylation sites is 1. The lowest BCUT2D eigenvalue weighted by molar-refractivity contribution is -0.117. The number of hydrogen-bond acceptors (Lipinski definition) is 6. The van der Waals surface area contributed by atoms with Crippen LogP contribution in [0.1, 0.15) is 6.42 Å². The standard InChI is InChI=1S/C14H17N3O3S2/c1-17(10-6-7-22(19,20)9-10)8-13(18)16-14-15-11-4-2-3-5-12(11)21-14/h2-5,10H,6-9H2,1H3,(H,15,16,18). The van der Waals surface area contributed by atoms with Crippen LogP contribution in [0.25, 0.3) is 10.2 Å². The highest BCUT2D eigenvalue weighted by atomic mass is 32.2. The molecule has 1 saturated heterocycles. The van der Waals surface area contributed by atoms with E-state index in [2.05, 4.69) is 10.3 Å². The summed E-state index contributed by atoms with van der Waals surface area (Å²) in [5.74, 6) is 0.172. The van der Waals surface area contributed by atoms with Crippen LogP contribution in [0.4, 0.5) is 5.13 Å². The van der Waals surface area contributed by atoms with Crippen LogP contribution in [0.3, 0.4) is 0 Å². The van der Waals surface area contributed by atoms with Crippen molar-refractivity contribution in [2.24, 2.45) is 0 Å². The number of thiazole rings is 1. The Morgan fingerprint density at radius 2 is 2.23 bits per heavy atom. The quantitative estimate of drug-likeness (QED) is 0.910. The van der Waals surface area contributed by atoms with E-state index in [4.69, 9.17) is 0 Å². The Balaban J connectivity index is 1.60. The van der Waals surface area contributed by atoms with Gasteiger partial charge in [0.2, 0.25) is 5.91 Å². The summed E-state index contributed by atoms with van der Waals surface area (Å²) in [7, 11) is -1.15. The van der Waals surface area contributed by atoms with Gasteiger partial charge in [-0.25, -0.2) is 13.4 Å². The molecular weight excluding hydrogens is 322 g/mol. The Labute approximate surface area is 133 Å². The summed E-state index contributed by atoms with van der Waals surface area (Å²) in [4.78, 5) is 18.2. The van der Waals surface area contributed by atoms with Gasteiger partial charge in [-0.3, -0.25) is 9.69 Å². The monoisotopic (exact) mass is 339 g/mol. The third kappa shape index (κ3) is 3.45. The van der Waals surface area contributed by atoms with Crippen molar-refractivity contribution in [2.45, 2.75) is 12.5 Å². The lowest BCUT2D eigenvalue weighted by Crippen LogP contribution is -2.38. The fourth-order valence-electron chi connectivity index (χ4n) is 2.56. The molecular formula is C14H17N3O3S2. The summed E-state index contributed by atoms with van der Waals surface area (Å²) >= 11 is 1.43. The van der Waals surface area contributed by atoms with Crippen molar-refractivity contribution in [2.75, 3.05) is 30.4 Å². The van der Waals surface area contributed by atoms with E-state index in [-0.39, 0.29) is 30.0 Å². The first kappa shape index (κ1) is 15.4. The molecule has 3 rings (SSSR count). The number of benzene rings is 1. The van der Waals surface area contributed by atoms with Gasteiger partial charge in [0.1, 0.15) is 0 Å². The van der Waals surface area contributed by atoms with Crippen LogP contribution in [-0.4, -0.2) is 55.3 Å². The number of nitrogens with zero attached hydrogens (tertiary/aromatic N) is 2. The zero-order chi connectivity index (χ0) is 15.7. The van der Waals surface area contributed by atoms with E-state index in [1.165, 1.54) is 11.3 Å². The number of carbonyl (C=O) groups excluding carboxylic acids is 1. The van der Waals surface area contributed by atoms with Crippen molar-refractivity contribution in [1.82, 2.24) is 9.88 Å². The Morgan fingerprint density at radius 3 is 2.91 bits per heavy atom.